The van der Waals surface area contributed by atoms with Crippen LogP contribution < -0.4 is 11.1 Å². The van der Waals surface area contributed by atoms with E-state index in [1.165, 1.54) is 27.8 Å². The van der Waals surface area contributed by atoms with E-state index in [0.29, 0.717) is 24.9 Å². The van der Waals surface area contributed by atoms with Crippen LogP contribution in [0.4, 0.5) is 0 Å². The van der Waals surface area contributed by atoms with Crippen molar-refractivity contribution in [2.45, 2.75) is 58.7 Å². The smallest absolute Gasteiger partial charge is 0.298 e. The second-order valence-corrected chi connectivity index (χ2v) is 9.11. The number of likely N-dealkylation sites (tertiary alicyclic amines) is 1. The van der Waals surface area contributed by atoms with Crippen molar-refractivity contribution in [1.29, 1.82) is 0 Å². The second-order valence-electron chi connectivity index (χ2n) is 9.11. The van der Waals surface area contributed by atoms with Crippen LogP contribution in [0.15, 0.2) is 27.8 Å². The predicted molar refractivity (Wildman–Crippen MR) is 108 cm³/mol. The van der Waals surface area contributed by atoms with Crippen LogP contribution in [0.1, 0.15) is 47.7 Å². The van der Waals surface area contributed by atoms with E-state index in [0.717, 1.165) is 38.3 Å². The fraction of sp³-hybridized carbons (Fsp3) is 0.591. The second kappa shape index (κ2) is 6.69. The zero-order valence-corrected chi connectivity index (χ0v) is 16.7. The summed E-state index contributed by atoms with van der Waals surface area (Å²) in [6, 6.07) is 6.72. The molecule has 0 spiro atoms. The molecule has 148 valence electrons. The van der Waals surface area contributed by atoms with Crippen LogP contribution in [0.2, 0.25) is 0 Å². The molecule has 1 aromatic carbocycles. The summed E-state index contributed by atoms with van der Waals surface area (Å²) in [5, 5.41) is 4.69. The zero-order valence-electron chi connectivity index (χ0n) is 16.7. The minimum atomic E-state index is -0.442. The topological polar surface area (TPSA) is 60.1 Å². The molecule has 2 aromatic rings. The number of hydrogen-bond donors (Lipinski definition) is 0. The first-order chi connectivity index (χ1) is 13.5. The van der Waals surface area contributed by atoms with Crippen molar-refractivity contribution in [3.63, 3.8) is 0 Å². The minimum Gasteiger partial charge on any atom is -0.298 e. The Kier molecular flexibility index (Phi) is 4.27. The number of benzene rings is 1. The van der Waals surface area contributed by atoms with E-state index in [1.54, 1.807) is 4.57 Å². The summed E-state index contributed by atoms with van der Waals surface area (Å²) >= 11 is 0. The number of hydrogen-bond acceptors (Lipinski definition) is 4. The lowest BCUT2D eigenvalue weighted by Gasteiger charge is -2.25. The molecular weight excluding hydrogens is 352 g/mol. The van der Waals surface area contributed by atoms with E-state index in [2.05, 4.69) is 42.0 Å². The summed E-state index contributed by atoms with van der Waals surface area (Å²) in [6.45, 7) is 8.32. The van der Waals surface area contributed by atoms with Crippen LogP contribution in [-0.4, -0.2) is 32.3 Å². The van der Waals surface area contributed by atoms with Gasteiger partial charge in [0.05, 0.1) is 0 Å². The standard InChI is InChI=1S/C22H28N4O2/c1-14-6-15(2)8-17(7-14)9-24-11-18-12-25-20(19(18)13-24)23-26(22(28)21(25)27)10-16-4-3-5-16/h6-8,16,18-19H,3-5,9-13H2,1-2H3/t18-,19-/m1/s1. The normalized spacial score (nSPS) is 24.2. The van der Waals surface area contributed by atoms with Gasteiger partial charge in [-0.2, -0.15) is 5.10 Å². The first-order valence-electron chi connectivity index (χ1n) is 10.5. The average molecular weight is 380 g/mol. The summed E-state index contributed by atoms with van der Waals surface area (Å²) < 4.78 is 3.12. The van der Waals surface area contributed by atoms with E-state index >= 15 is 0 Å². The lowest BCUT2D eigenvalue weighted by Crippen LogP contribution is -2.45. The summed E-state index contributed by atoms with van der Waals surface area (Å²) in [6.07, 6.45) is 3.51. The molecule has 1 saturated carbocycles. The van der Waals surface area contributed by atoms with Crippen molar-refractivity contribution in [2.24, 2.45) is 11.8 Å². The SMILES string of the molecule is Cc1cc(C)cc(CN2C[C@@H]3Cn4c(nn(CC5CCC5)c(=O)c4=O)[C@@H]3C2)c1. The van der Waals surface area contributed by atoms with Crippen LogP contribution in [0.5, 0.6) is 0 Å². The molecule has 1 saturated heterocycles. The average Bonchev–Trinajstić information content (AvgIpc) is 3.12. The number of aromatic nitrogens is 3. The monoisotopic (exact) mass is 380 g/mol. The number of aryl methyl sites for hydroxylation is 2. The van der Waals surface area contributed by atoms with Gasteiger partial charge in [0, 0.05) is 44.6 Å². The maximum absolute atomic E-state index is 12.6. The summed E-state index contributed by atoms with van der Waals surface area (Å²) in [5.74, 6) is 1.98. The van der Waals surface area contributed by atoms with E-state index < -0.39 is 5.56 Å². The Bertz CT molecular complexity index is 1010. The first kappa shape index (κ1) is 17.9. The number of nitrogens with zero attached hydrogens (tertiary/aromatic N) is 4. The Morgan fingerprint density at radius 2 is 1.75 bits per heavy atom. The maximum atomic E-state index is 12.6. The molecule has 28 heavy (non-hydrogen) atoms. The fourth-order valence-electron chi connectivity index (χ4n) is 5.27. The van der Waals surface area contributed by atoms with E-state index in [-0.39, 0.29) is 11.5 Å². The number of fused-ring (bicyclic) bond motifs is 3. The van der Waals surface area contributed by atoms with Gasteiger partial charge in [0.15, 0.2) is 0 Å². The quantitative estimate of drug-likeness (QED) is 0.762. The van der Waals surface area contributed by atoms with Gasteiger partial charge in [-0.1, -0.05) is 35.7 Å². The van der Waals surface area contributed by atoms with Gasteiger partial charge >= 0.3 is 11.1 Å². The van der Waals surface area contributed by atoms with Gasteiger partial charge in [-0.05, 0) is 38.2 Å². The molecule has 3 aliphatic rings. The fourth-order valence-corrected chi connectivity index (χ4v) is 5.27. The lowest BCUT2D eigenvalue weighted by atomic mass is 9.85. The number of rotatable bonds is 4. The lowest BCUT2D eigenvalue weighted by molar-refractivity contribution is 0.256. The highest BCUT2D eigenvalue weighted by atomic mass is 16.2. The minimum absolute atomic E-state index is 0.256. The van der Waals surface area contributed by atoms with Crippen molar-refractivity contribution in [1.82, 2.24) is 19.2 Å². The van der Waals surface area contributed by atoms with Crippen molar-refractivity contribution < 1.29 is 0 Å². The third-order valence-electron chi connectivity index (χ3n) is 6.77. The molecular formula is C22H28N4O2. The largest absolute Gasteiger partial charge is 0.332 e. The first-order valence-corrected chi connectivity index (χ1v) is 10.5. The maximum Gasteiger partial charge on any atom is 0.332 e. The van der Waals surface area contributed by atoms with Gasteiger partial charge in [-0.15, -0.1) is 0 Å². The molecule has 2 atom stereocenters. The Balaban J connectivity index is 1.38. The Labute approximate surface area is 164 Å². The summed E-state index contributed by atoms with van der Waals surface area (Å²) in [4.78, 5) is 27.5. The third-order valence-corrected chi connectivity index (χ3v) is 6.77. The highest BCUT2D eigenvalue weighted by Crippen LogP contribution is 2.37. The molecule has 0 radical (unpaired) electrons. The highest BCUT2D eigenvalue weighted by Gasteiger charge is 2.42. The third kappa shape index (κ3) is 3.04. The highest BCUT2D eigenvalue weighted by molar-refractivity contribution is 5.28. The Hall–Kier alpha value is -2.21. The molecule has 0 unspecified atom stereocenters. The van der Waals surface area contributed by atoms with Crippen LogP contribution in [-0.2, 0) is 19.6 Å². The molecule has 2 fully saturated rings. The van der Waals surface area contributed by atoms with Crippen molar-refractivity contribution in [3.05, 3.63) is 61.4 Å². The van der Waals surface area contributed by atoms with Gasteiger partial charge < -0.3 is 0 Å². The molecule has 1 aliphatic carbocycles. The van der Waals surface area contributed by atoms with Crippen LogP contribution in [0.3, 0.4) is 0 Å². The van der Waals surface area contributed by atoms with Gasteiger partial charge in [-0.25, -0.2) is 4.68 Å². The molecule has 1 aromatic heterocycles. The predicted octanol–water partition coefficient (Wildman–Crippen LogP) is 2.05. The molecule has 0 N–H and O–H groups in total. The van der Waals surface area contributed by atoms with Crippen LogP contribution >= 0.6 is 0 Å². The van der Waals surface area contributed by atoms with Gasteiger partial charge in [0.1, 0.15) is 5.82 Å². The van der Waals surface area contributed by atoms with E-state index in [4.69, 9.17) is 0 Å². The Morgan fingerprint density at radius 1 is 1.00 bits per heavy atom. The zero-order chi connectivity index (χ0) is 19.4. The summed E-state index contributed by atoms with van der Waals surface area (Å²) in [7, 11) is 0. The molecule has 3 heterocycles. The van der Waals surface area contributed by atoms with Crippen LogP contribution in [0, 0.1) is 25.7 Å². The van der Waals surface area contributed by atoms with Gasteiger partial charge in [0.25, 0.3) is 0 Å². The molecule has 5 rings (SSSR count). The van der Waals surface area contributed by atoms with Gasteiger partial charge in [0.2, 0.25) is 0 Å². The molecule has 0 amide bonds. The van der Waals surface area contributed by atoms with Crippen molar-refractivity contribution in [2.75, 3.05) is 13.1 Å². The van der Waals surface area contributed by atoms with E-state index in [9.17, 15) is 9.59 Å². The van der Waals surface area contributed by atoms with Crippen molar-refractivity contribution in [3.8, 4) is 0 Å². The molecule has 6 nitrogen and oxygen atoms in total. The molecule has 2 aliphatic heterocycles. The van der Waals surface area contributed by atoms with Crippen LogP contribution in [0.25, 0.3) is 0 Å². The Morgan fingerprint density at radius 3 is 2.43 bits per heavy atom. The summed E-state index contributed by atoms with van der Waals surface area (Å²) in [5.41, 5.74) is 3.13. The molecule has 0 bridgehead atoms. The van der Waals surface area contributed by atoms with Crippen molar-refractivity contribution >= 4 is 0 Å². The van der Waals surface area contributed by atoms with E-state index in [1.807, 2.05) is 0 Å². The van der Waals surface area contributed by atoms with Gasteiger partial charge in [-0.3, -0.25) is 19.1 Å². The molecule has 6 heteroatoms.